The maximum atomic E-state index is 12.2. The van der Waals surface area contributed by atoms with Crippen LogP contribution in [0.15, 0.2) is 29.2 Å². The highest BCUT2D eigenvalue weighted by atomic mass is 32.2. The van der Waals surface area contributed by atoms with Crippen molar-refractivity contribution in [1.82, 2.24) is 10.2 Å². The summed E-state index contributed by atoms with van der Waals surface area (Å²) in [7, 11) is -0.144. The van der Waals surface area contributed by atoms with Crippen molar-refractivity contribution in [2.45, 2.75) is 24.8 Å². The highest BCUT2D eigenvalue weighted by molar-refractivity contribution is 7.89. The highest BCUT2D eigenvalue weighted by Crippen LogP contribution is 2.21. The zero-order valence-electron chi connectivity index (χ0n) is 12.8. The fourth-order valence-corrected chi connectivity index (χ4v) is 2.61. The number of hydrogen-bond donors (Lipinski definition) is 2. The molecule has 2 atom stereocenters. The molecule has 118 valence electrons. The van der Waals surface area contributed by atoms with Crippen LogP contribution in [-0.4, -0.2) is 39.9 Å². The van der Waals surface area contributed by atoms with Gasteiger partial charge in [0.1, 0.15) is 0 Å². The third-order valence-corrected chi connectivity index (χ3v) is 4.48. The van der Waals surface area contributed by atoms with Gasteiger partial charge in [0, 0.05) is 19.5 Å². The number of nitrogens with zero attached hydrogens (tertiary/aromatic N) is 1. The molecule has 1 rings (SSSR count). The van der Waals surface area contributed by atoms with Gasteiger partial charge in [-0.1, -0.05) is 19.1 Å². The standard InChI is InChI=1S/C14H23N3O3S/c1-10(9-16-3)14(18)17(4)11(2)12-5-7-13(8-6-12)21(15,19)20/h5-8,10-11,16H,9H2,1-4H3,(H2,15,19,20). The molecule has 1 amide bonds. The van der Waals surface area contributed by atoms with Crippen molar-refractivity contribution in [3.05, 3.63) is 29.8 Å². The summed E-state index contributed by atoms with van der Waals surface area (Å²) < 4.78 is 22.4. The Hall–Kier alpha value is -1.44. The molecule has 1 aromatic carbocycles. The van der Waals surface area contributed by atoms with Crippen LogP contribution in [0.5, 0.6) is 0 Å². The molecule has 0 aromatic heterocycles. The molecule has 0 aliphatic heterocycles. The number of sulfonamides is 1. The first kappa shape index (κ1) is 17.6. The molecule has 2 unspecified atom stereocenters. The maximum absolute atomic E-state index is 12.2. The second kappa shape index (κ2) is 7.02. The molecule has 0 heterocycles. The first-order chi connectivity index (χ1) is 9.68. The molecule has 0 bridgehead atoms. The first-order valence-corrected chi connectivity index (χ1v) is 8.27. The summed E-state index contributed by atoms with van der Waals surface area (Å²) in [5, 5.41) is 8.04. The number of primary sulfonamides is 1. The molecule has 3 N–H and O–H groups in total. The molecule has 0 saturated heterocycles. The van der Waals surface area contributed by atoms with Crippen LogP contribution in [0.4, 0.5) is 0 Å². The van der Waals surface area contributed by atoms with Gasteiger partial charge in [-0.05, 0) is 31.7 Å². The van der Waals surface area contributed by atoms with E-state index in [1.54, 1.807) is 31.1 Å². The largest absolute Gasteiger partial charge is 0.339 e. The molecule has 0 saturated carbocycles. The monoisotopic (exact) mass is 313 g/mol. The van der Waals surface area contributed by atoms with Crippen molar-refractivity contribution >= 4 is 15.9 Å². The maximum Gasteiger partial charge on any atom is 0.238 e. The lowest BCUT2D eigenvalue weighted by atomic mass is 10.0. The molecule has 7 heteroatoms. The minimum Gasteiger partial charge on any atom is -0.339 e. The van der Waals surface area contributed by atoms with E-state index in [-0.39, 0.29) is 22.8 Å². The van der Waals surface area contributed by atoms with Gasteiger partial charge < -0.3 is 10.2 Å². The van der Waals surface area contributed by atoms with Crippen molar-refractivity contribution in [1.29, 1.82) is 0 Å². The quantitative estimate of drug-likeness (QED) is 0.809. The third kappa shape index (κ3) is 4.52. The van der Waals surface area contributed by atoms with Gasteiger partial charge in [-0.15, -0.1) is 0 Å². The molecule has 0 spiro atoms. The average molecular weight is 313 g/mol. The molecule has 0 radical (unpaired) electrons. The van der Waals surface area contributed by atoms with E-state index in [0.29, 0.717) is 6.54 Å². The zero-order valence-corrected chi connectivity index (χ0v) is 13.6. The minimum atomic E-state index is -3.69. The van der Waals surface area contributed by atoms with Gasteiger partial charge in [0.05, 0.1) is 10.9 Å². The topological polar surface area (TPSA) is 92.5 Å². The van der Waals surface area contributed by atoms with Crippen LogP contribution >= 0.6 is 0 Å². The van der Waals surface area contributed by atoms with Gasteiger partial charge in [-0.25, -0.2) is 13.6 Å². The van der Waals surface area contributed by atoms with Gasteiger partial charge in [-0.2, -0.15) is 0 Å². The van der Waals surface area contributed by atoms with Gasteiger partial charge in [0.2, 0.25) is 15.9 Å². The number of rotatable bonds is 6. The minimum absolute atomic E-state index is 0.0346. The lowest BCUT2D eigenvalue weighted by molar-refractivity contribution is -0.135. The van der Waals surface area contributed by atoms with Gasteiger partial charge in [-0.3, -0.25) is 4.79 Å². The summed E-state index contributed by atoms with van der Waals surface area (Å²) in [5.41, 5.74) is 0.856. The Labute approximate surface area is 126 Å². The highest BCUT2D eigenvalue weighted by Gasteiger charge is 2.22. The van der Waals surface area contributed by atoms with Crippen LogP contribution < -0.4 is 10.5 Å². The number of carbonyl (C=O) groups excluding carboxylic acids is 1. The lowest BCUT2D eigenvalue weighted by Crippen LogP contribution is -2.37. The van der Waals surface area contributed by atoms with E-state index < -0.39 is 10.0 Å². The second-order valence-electron chi connectivity index (χ2n) is 5.20. The van der Waals surface area contributed by atoms with Crippen LogP contribution in [0.2, 0.25) is 0 Å². The number of amides is 1. The summed E-state index contributed by atoms with van der Waals surface area (Å²) in [5.74, 6) is -0.0847. The fraction of sp³-hybridized carbons (Fsp3) is 0.500. The summed E-state index contributed by atoms with van der Waals surface area (Å²) >= 11 is 0. The SMILES string of the molecule is CNCC(C)C(=O)N(C)C(C)c1ccc(S(N)(=O)=O)cc1. The average Bonchev–Trinajstić information content (AvgIpc) is 2.44. The van der Waals surface area contributed by atoms with Crippen molar-refractivity contribution in [2.75, 3.05) is 20.6 Å². The predicted octanol–water partition coefficient (Wildman–Crippen LogP) is 0.709. The molecular formula is C14H23N3O3S. The van der Waals surface area contributed by atoms with Crippen LogP contribution in [0.25, 0.3) is 0 Å². The predicted molar refractivity (Wildman–Crippen MR) is 82.1 cm³/mol. The van der Waals surface area contributed by atoms with Crippen LogP contribution in [0, 0.1) is 5.92 Å². The van der Waals surface area contributed by atoms with Gasteiger partial charge >= 0.3 is 0 Å². The van der Waals surface area contributed by atoms with E-state index in [1.807, 2.05) is 13.8 Å². The van der Waals surface area contributed by atoms with E-state index in [9.17, 15) is 13.2 Å². The Kier molecular flexibility index (Phi) is 5.88. The summed E-state index contributed by atoms with van der Waals surface area (Å²) in [6.45, 7) is 4.38. The van der Waals surface area contributed by atoms with E-state index in [4.69, 9.17) is 5.14 Å². The Morgan fingerprint density at radius 1 is 1.29 bits per heavy atom. The first-order valence-electron chi connectivity index (χ1n) is 6.72. The molecule has 0 fully saturated rings. The molecule has 6 nitrogen and oxygen atoms in total. The van der Waals surface area contributed by atoms with E-state index >= 15 is 0 Å². The van der Waals surface area contributed by atoms with Gasteiger partial charge in [0.15, 0.2) is 0 Å². The number of benzene rings is 1. The van der Waals surface area contributed by atoms with E-state index in [2.05, 4.69) is 5.32 Å². The summed E-state index contributed by atoms with van der Waals surface area (Å²) in [4.78, 5) is 14.0. The van der Waals surface area contributed by atoms with Crippen molar-refractivity contribution < 1.29 is 13.2 Å². The number of nitrogens with one attached hydrogen (secondary N) is 1. The molecule has 0 aliphatic carbocycles. The molecule has 1 aromatic rings. The number of hydrogen-bond acceptors (Lipinski definition) is 4. The fourth-order valence-electron chi connectivity index (χ4n) is 2.09. The lowest BCUT2D eigenvalue weighted by Gasteiger charge is -2.28. The van der Waals surface area contributed by atoms with Crippen LogP contribution in [-0.2, 0) is 14.8 Å². The van der Waals surface area contributed by atoms with Crippen LogP contribution in [0.1, 0.15) is 25.5 Å². The molecule has 0 aliphatic rings. The third-order valence-electron chi connectivity index (χ3n) is 3.55. The Morgan fingerprint density at radius 2 is 1.81 bits per heavy atom. The molecular weight excluding hydrogens is 290 g/mol. The summed E-state index contributed by atoms with van der Waals surface area (Å²) in [6, 6.07) is 6.12. The summed E-state index contributed by atoms with van der Waals surface area (Å²) in [6.07, 6.45) is 0. The van der Waals surface area contributed by atoms with Crippen molar-refractivity contribution in [3.8, 4) is 0 Å². The van der Waals surface area contributed by atoms with Crippen molar-refractivity contribution in [2.24, 2.45) is 11.1 Å². The Bertz CT molecular complexity index is 584. The Morgan fingerprint density at radius 3 is 2.24 bits per heavy atom. The number of carbonyl (C=O) groups is 1. The molecule has 21 heavy (non-hydrogen) atoms. The van der Waals surface area contributed by atoms with E-state index in [1.165, 1.54) is 12.1 Å². The second-order valence-corrected chi connectivity index (χ2v) is 6.76. The van der Waals surface area contributed by atoms with Gasteiger partial charge in [0.25, 0.3) is 0 Å². The number of nitrogens with two attached hydrogens (primary N) is 1. The normalized spacial score (nSPS) is 14.5. The van der Waals surface area contributed by atoms with Crippen molar-refractivity contribution in [3.63, 3.8) is 0 Å². The smallest absolute Gasteiger partial charge is 0.238 e. The Balaban J connectivity index is 2.88. The van der Waals surface area contributed by atoms with Crippen LogP contribution in [0.3, 0.4) is 0 Å². The van der Waals surface area contributed by atoms with E-state index in [0.717, 1.165) is 5.56 Å². The zero-order chi connectivity index (χ0) is 16.2.